The highest BCUT2D eigenvalue weighted by Crippen LogP contribution is 2.33. The molecule has 4 aromatic rings. The van der Waals surface area contributed by atoms with Gasteiger partial charge in [-0.3, -0.25) is 29.3 Å². The van der Waals surface area contributed by atoms with Crippen LogP contribution in [0, 0.1) is 6.92 Å². The maximum absolute atomic E-state index is 13.9. The third-order valence-corrected chi connectivity index (χ3v) is 6.50. The first-order valence-corrected chi connectivity index (χ1v) is 12.8. The summed E-state index contributed by atoms with van der Waals surface area (Å²) in [6.07, 6.45) is -3.64. The van der Waals surface area contributed by atoms with E-state index in [-0.39, 0.29) is 30.1 Å². The minimum Gasteiger partial charge on any atom is -0.457 e. The van der Waals surface area contributed by atoms with Crippen LogP contribution in [0.3, 0.4) is 0 Å². The molecule has 41 heavy (non-hydrogen) atoms. The van der Waals surface area contributed by atoms with E-state index in [1.54, 1.807) is 55.5 Å². The van der Waals surface area contributed by atoms with Crippen LogP contribution in [-0.4, -0.2) is 49.3 Å². The Labute approximate surface area is 232 Å². The topological polar surface area (TPSA) is 164 Å². The van der Waals surface area contributed by atoms with Crippen molar-refractivity contribution in [1.29, 1.82) is 0 Å². The fourth-order valence-electron chi connectivity index (χ4n) is 4.76. The van der Waals surface area contributed by atoms with Crippen molar-refractivity contribution in [2.24, 2.45) is 0 Å². The molecule has 1 fully saturated rings. The van der Waals surface area contributed by atoms with Crippen LogP contribution in [0.15, 0.2) is 64.2 Å². The molecular formula is C28H27N5O8. The zero-order chi connectivity index (χ0) is 29.3. The van der Waals surface area contributed by atoms with Crippen molar-refractivity contribution >= 4 is 35.0 Å². The monoisotopic (exact) mass is 561 g/mol. The van der Waals surface area contributed by atoms with Crippen molar-refractivity contribution in [3.05, 3.63) is 92.1 Å². The van der Waals surface area contributed by atoms with E-state index in [1.807, 2.05) is 6.07 Å². The second-order valence-electron chi connectivity index (χ2n) is 9.55. The summed E-state index contributed by atoms with van der Waals surface area (Å²) in [6.45, 7) is 4.21. The van der Waals surface area contributed by atoms with E-state index in [2.05, 4.69) is 15.3 Å². The van der Waals surface area contributed by atoms with Crippen molar-refractivity contribution < 1.29 is 28.6 Å². The molecule has 0 saturated carbocycles. The molecule has 0 aliphatic carbocycles. The molecule has 13 nitrogen and oxygen atoms in total. The normalized spacial score (nSPS) is 18.3. The SMILES string of the molecule is CC(=O)Nc1nc2c(c(=O)[nH]1)n(Cc1ccccc1)c(=O)n2[C@@H]1O[C@@H](OC(=O)c2ccccc2C)C[C@H]1OC(C)=O. The molecule has 2 N–H and O–H groups in total. The summed E-state index contributed by atoms with van der Waals surface area (Å²) in [6, 6.07) is 15.8. The highest BCUT2D eigenvalue weighted by molar-refractivity contribution is 5.91. The molecule has 1 aliphatic rings. The third kappa shape index (κ3) is 5.65. The molecule has 0 bridgehead atoms. The fraction of sp³-hybridized carbons (Fsp3) is 0.286. The summed E-state index contributed by atoms with van der Waals surface area (Å²) in [7, 11) is 0. The molecule has 1 saturated heterocycles. The second kappa shape index (κ2) is 11.2. The van der Waals surface area contributed by atoms with E-state index in [0.29, 0.717) is 11.1 Å². The minimum absolute atomic E-state index is 0.0179. The number of ether oxygens (including phenoxy) is 3. The first kappa shape index (κ1) is 27.5. The van der Waals surface area contributed by atoms with E-state index in [4.69, 9.17) is 14.2 Å². The summed E-state index contributed by atoms with van der Waals surface area (Å²) >= 11 is 0. The van der Waals surface area contributed by atoms with Gasteiger partial charge in [0, 0.05) is 13.8 Å². The number of aryl methyl sites for hydroxylation is 1. The Morgan fingerprint density at radius 2 is 1.76 bits per heavy atom. The molecule has 13 heteroatoms. The number of nitrogens with zero attached hydrogens (tertiary/aromatic N) is 3. The largest absolute Gasteiger partial charge is 0.457 e. The zero-order valence-electron chi connectivity index (χ0n) is 22.5. The molecule has 5 rings (SSSR count). The number of nitrogens with one attached hydrogen (secondary N) is 2. The zero-order valence-corrected chi connectivity index (χ0v) is 22.5. The number of H-pyrrole nitrogens is 1. The van der Waals surface area contributed by atoms with E-state index in [0.717, 1.165) is 10.1 Å². The van der Waals surface area contributed by atoms with Gasteiger partial charge in [0.1, 0.15) is 0 Å². The number of rotatable bonds is 7. The van der Waals surface area contributed by atoms with E-state index < -0.39 is 47.7 Å². The molecule has 3 atom stereocenters. The number of hydrogen-bond donors (Lipinski definition) is 2. The summed E-state index contributed by atoms with van der Waals surface area (Å²) < 4.78 is 19.3. The Morgan fingerprint density at radius 1 is 1.05 bits per heavy atom. The highest BCUT2D eigenvalue weighted by Gasteiger charge is 2.43. The Bertz CT molecular complexity index is 1760. The number of hydrogen-bond acceptors (Lipinski definition) is 9. The first-order chi connectivity index (χ1) is 19.6. The highest BCUT2D eigenvalue weighted by atomic mass is 16.7. The summed E-state index contributed by atoms with van der Waals surface area (Å²) in [5.74, 6) is -2.00. The molecule has 2 aromatic heterocycles. The van der Waals surface area contributed by atoms with Crippen LogP contribution >= 0.6 is 0 Å². The summed E-state index contributed by atoms with van der Waals surface area (Å²) in [5, 5.41) is 2.41. The van der Waals surface area contributed by atoms with E-state index in [9.17, 15) is 24.0 Å². The number of imidazole rings is 1. The van der Waals surface area contributed by atoms with Gasteiger partial charge in [0.2, 0.25) is 18.1 Å². The number of esters is 2. The van der Waals surface area contributed by atoms with Crippen molar-refractivity contribution in [3.63, 3.8) is 0 Å². The molecule has 3 heterocycles. The Balaban J connectivity index is 1.60. The van der Waals surface area contributed by atoms with Crippen molar-refractivity contribution in [3.8, 4) is 0 Å². The van der Waals surface area contributed by atoms with Gasteiger partial charge in [0.05, 0.1) is 18.5 Å². The number of carbonyl (C=O) groups is 3. The minimum atomic E-state index is -1.31. The second-order valence-corrected chi connectivity index (χ2v) is 9.55. The maximum Gasteiger partial charge on any atom is 0.340 e. The lowest BCUT2D eigenvalue weighted by molar-refractivity contribution is -0.156. The molecule has 0 spiro atoms. The number of carbonyl (C=O) groups excluding carboxylic acids is 3. The standard InChI is InChI=1S/C28H27N5O8/c1-15-9-7-8-12-19(15)26(37)41-21-13-20(39-17(3)35)25(40-21)33-23-22(24(36)31-27(30-23)29-16(2)34)32(28(33)38)14-18-10-5-4-6-11-18/h4-12,20-21,25H,13-14H2,1-3H3,(H2,29,30,31,34,36)/t20-,21+,25-/m1/s1. The third-order valence-electron chi connectivity index (χ3n) is 6.50. The maximum atomic E-state index is 13.9. The van der Waals surface area contributed by atoms with Gasteiger partial charge in [-0.1, -0.05) is 48.5 Å². The number of aromatic amines is 1. The van der Waals surface area contributed by atoms with Gasteiger partial charge in [0.25, 0.3) is 5.56 Å². The summed E-state index contributed by atoms with van der Waals surface area (Å²) in [4.78, 5) is 70.5. The number of aromatic nitrogens is 4. The summed E-state index contributed by atoms with van der Waals surface area (Å²) in [5.41, 5.74) is 0.175. The van der Waals surface area contributed by atoms with E-state index >= 15 is 0 Å². The number of fused-ring (bicyclic) bond motifs is 1. The quantitative estimate of drug-likeness (QED) is 0.322. The van der Waals surface area contributed by atoms with Crippen LogP contribution in [0.25, 0.3) is 11.2 Å². The predicted octanol–water partition coefficient (Wildman–Crippen LogP) is 2.24. The Morgan fingerprint density at radius 3 is 2.44 bits per heavy atom. The van der Waals surface area contributed by atoms with Gasteiger partial charge in [-0.15, -0.1) is 0 Å². The van der Waals surface area contributed by atoms with Gasteiger partial charge in [0.15, 0.2) is 23.5 Å². The van der Waals surface area contributed by atoms with Crippen LogP contribution < -0.4 is 16.6 Å². The average Bonchev–Trinajstić information content (AvgIpc) is 3.41. The molecule has 0 radical (unpaired) electrons. The lowest BCUT2D eigenvalue weighted by Crippen LogP contribution is -2.34. The lowest BCUT2D eigenvalue weighted by Gasteiger charge is -2.19. The van der Waals surface area contributed by atoms with Gasteiger partial charge < -0.3 is 14.2 Å². The number of amides is 1. The average molecular weight is 562 g/mol. The smallest absolute Gasteiger partial charge is 0.340 e. The number of benzene rings is 2. The van der Waals surface area contributed by atoms with Gasteiger partial charge in [-0.05, 0) is 24.1 Å². The van der Waals surface area contributed by atoms with Gasteiger partial charge in [-0.2, -0.15) is 4.98 Å². The predicted molar refractivity (Wildman–Crippen MR) is 145 cm³/mol. The molecule has 212 valence electrons. The first-order valence-electron chi connectivity index (χ1n) is 12.8. The molecule has 2 aromatic carbocycles. The van der Waals surface area contributed by atoms with Crippen LogP contribution in [-0.2, 0) is 30.3 Å². The van der Waals surface area contributed by atoms with Crippen LogP contribution in [0.1, 0.15) is 48.0 Å². The van der Waals surface area contributed by atoms with Crippen molar-refractivity contribution in [1.82, 2.24) is 19.1 Å². The molecule has 1 aliphatic heterocycles. The molecule has 0 unspecified atom stereocenters. The molecular weight excluding hydrogens is 534 g/mol. The lowest BCUT2D eigenvalue weighted by atomic mass is 10.1. The molecule has 1 amide bonds. The fourth-order valence-corrected chi connectivity index (χ4v) is 4.76. The van der Waals surface area contributed by atoms with Crippen molar-refractivity contribution in [2.75, 3.05) is 5.32 Å². The van der Waals surface area contributed by atoms with Gasteiger partial charge in [-0.25, -0.2) is 14.2 Å². The van der Waals surface area contributed by atoms with E-state index in [1.165, 1.54) is 18.4 Å². The Kier molecular flexibility index (Phi) is 7.53. The van der Waals surface area contributed by atoms with Gasteiger partial charge >= 0.3 is 17.6 Å². The Hall–Kier alpha value is -5.04. The van der Waals surface area contributed by atoms with Crippen LogP contribution in [0.2, 0.25) is 0 Å². The van der Waals surface area contributed by atoms with Crippen LogP contribution in [0.5, 0.6) is 0 Å². The van der Waals surface area contributed by atoms with Crippen molar-refractivity contribution in [2.45, 2.75) is 52.4 Å². The number of anilines is 1. The van der Waals surface area contributed by atoms with Crippen LogP contribution in [0.4, 0.5) is 5.95 Å².